The Kier molecular flexibility index (Phi) is 5.51. The van der Waals surface area contributed by atoms with E-state index >= 15 is 0 Å². The first-order chi connectivity index (χ1) is 10.6. The molecule has 0 atom stereocenters. The molecule has 0 fully saturated rings. The van der Waals surface area contributed by atoms with Crippen molar-refractivity contribution in [3.8, 4) is 22.4 Å². The van der Waals surface area contributed by atoms with Gasteiger partial charge in [0.25, 0.3) is 0 Å². The van der Waals surface area contributed by atoms with Gasteiger partial charge in [0.05, 0.1) is 0 Å². The molecule has 3 aromatic rings. The summed E-state index contributed by atoms with van der Waals surface area (Å²) in [6.07, 6.45) is 1.99. The molecular weight excluding hydrogens is 458 g/mol. The maximum atomic E-state index is 4.67. The van der Waals surface area contributed by atoms with Crippen LogP contribution in [0.4, 0.5) is 0 Å². The predicted molar refractivity (Wildman–Crippen MR) is 92.6 cm³/mol. The van der Waals surface area contributed by atoms with E-state index in [-0.39, 0.29) is 25.5 Å². The normalized spacial score (nSPS) is 10.9. The zero-order valence-corrected chi connectivity index (χ0v) is 16.0. The summed E-state index contributed by atoms with van der Waals surface area (Å²) in [5, 5.41) is 0. The maximum absolute atomic E-state index is 4.67. The van der Waals surface area contributed by atoms with Gasteiger partial charge < -0.3 is 4.98 Å². The molecule has 0 N–H and O–H groups in total. The third kappa shape index (κ3) is 3.96. The van der Waals surface area contributed by atoms with Crippen LogP contribution in [0.5, 0.6) is 0 Å². The van der Waals surface area contributed by atoms with E-state index in [4.69, 9.17) is 0 Å². The van der Waals surface area contributed by atoms with Gasteiger partial charge in [-0.05, 0) is 22.2 Å². The van der Waals surface area contributed by atoms with E-state index < -0.39 is 0 Å². The summed E-state index contributed by atoms with van der Waals surface area (Å²) in [7, 11) is 0. The van der Waals surface area contributed by atoms with Gasteiger partial charge >= 0.3 is 0 Å². The molecule has 1 nitrogen and oxygen atoms in total. The minimum atomic E-state index is 0. The number of hydrogen-bond acceptors (Lipinski definition) is 1. The van der Waals surface area contributed by atoms with Gasteiger partial charge in [-0.2, -0.15) is 0 Å². The van der Waals surface area contributed by atoms with Gasteiger partial charge in [0.15, 0.2) is 0 Å². The van der Waals surface area contributed by atoms with Crippen molar-refractivity contribution in [1.29, 1.82) is 0 Å². The quantitative estimate of drug-likeness (QED) is 0.443. The molecule has 0 aliphatic heterocycles. The van der Waals surface area contributed by atoms with Crippen LogP contribution in [-0.2, 0) is 25.5 Å². The van der Waals surface area contributed by atoms with Crippen LogP contribution in [0.3, 0.4) is 0 Å². The summed E-state index contributed by atoms with van der Waals surface area (Å²) >= 11 is 0. The number of pyridine rings is 1. The second kappa shape index (κ2) is 7.21. The third-order valence-electron chi connectivity index (χ3n) is 3.78. The van der Waals surface area contributed by atoms with E-state index in [9.17, 15) is 0 Å². The number of aromatic nitrogens is 1. The second-order valence-electron chi connectivity index (χ2n) is 6.51. The molecule has 0 unspecified atom stereocenters. The smallest absolute Gasteiger partial charge is 0.0242 e. The monoisotopic (exact) mass is 479 g/mol. The van der Waals surface area contributed by atoms with E-state index in [1.807, 2.05) is 30.5 Å². The molecule has 0 bridgehead atoms. The van der Waals surface area contributed by atoms with Gasteiger partial charge in [0.2, 0.25) is 0 Å². The Bertz CT molecular complexity index is 759. The molecule has 0 saturated heterocycles. The summed E-state index contributed by atoms with van der Waals surface area (Å²) in [5.41, 5.74) is 5.78. The fourth-order valence-corrected chi connectivity index (χ4v) is 2.62. The third-order valence-corrected chi connectivity index (χ3v) is 3.78. The van der Waals surface area contributed by atoms with Crippen molar-refractivity contribution < 1.29 is 20.1 Å². The van der Waals surface area contributed by atoms with Crippen molar-refractivity contribution in [2.24, 2.45) is 0 Å². The van der Waals surface area contributed by atoms with Crippen LogP contribution in [-0.4, -0.2) is 4.98 Å². The fraction of sp³-hybridized carbons (Fsp3) is 0.190. The second-order valence-corrected chi connectivity index (χ2v) is 6.51. The standard InChI is InChI=1S/C21H20N.Ir/c1-21(2,3)19-14-20(17-12-8-5-9-13-17)22-15-18(19)16-10-6-4-7-11-16;/h4-12,14-15H,1-3H3;/q-1;. The van der Waals surface area contributed by atoms with E-state index in [0.29, 0.717) is 0 Å². The Hall–Kier alpha value is -1.76. The molecule has 23 heavy (non-hydrogen) atoms. The molecule has 1 aromatic heterocycles. The van der Waals surface area contributed by atoms with E-state index in [2.05, 4.69) is 68.2 Å². The van der Waals surface area contributed by atoms with Gasteiger partial charge in [-0.1, -0.05) is 57.2 Å². The molecule has 1 radical (unpaired) electrons. The largest absolute Gasteiger partial charge is 0.304 e. The van der Waals surface area contributed by atoms with Crippen LogP contribution in [0.2, 0.25) is 0 Å². The first-order valence-corrected chi connectivity index (χ1v) is 7.59. The minimum Gasteiger partial charge on any atom is -0.304 e. The Morgan fingerprint density at radius 1 is 0.913 bits per heavy atom. The molecule has 2 aromatic carbocycles. The van der Waals surface area contributed by atoms with Crippen LogP contribution >= 0.6 is 0 Å². The average Bonchev–Trinajstić information content (AvgIpc) is 2.55. The average molecular weight is 479 g/mol. The Morgan fingerprint density at radius 2 is 1.61 bits per heavy atom. The number of benzene rings is 2. The van der Waals surface area contributed by atoms with Crippen molar-refractivity contribution in [2.45, 2.75) is 26.2 Å². The summed E-state index contributed by atoms with van der Waals surface area (Å²) in [5.74, 6) is 0. The molecule has 0 amide bonds. The summed E-state index contributed by atoms with van der Waals surface area (Å²) in [6, 6.07) is 23.9. The first kappa shape index (κ1) is 17.6. The van der Waals surface area contributed by atoms with Crippen molar-refractivity contribution in [3.63, 3.8) is 0 Å². The Morgan fingerprint density at radius 3 is 2.22 bits per heavy atom. The molecule has 0 aliphatic carbocycles. The van der Waals surface area contributed by atoms with Crippen molar-refractivity contribution in [2.75, 3.05) is 0 Å². The molecule has 0 saturated carbocycles. The molecule has 0 spiro atoms. The van der Waals surface area contributed by atoms with E-state index in [1.54, 1.807) is 0 Å². The zero-order valence-electron chi connectivity index (χ0n) is 13.6. The molecule has 0 aliphatic rings. The van der Waals surface area contributed by atoms with Crippen molar-refractivity contribution in [1.82, 2.24) is 4.98 Å². The van der Waals surface area contributed by atoms with Gasteiger partial charge in [0.1, 0.15) is 0 Å². The van der Waals surface area contributed by atoms with Gasteiger partial charge in [-0.25, -0.2) is 0 Å². The van der Waals surface area contributed by atoms with Crippen LogP contribution in [0.15, 0.2) is 66.9 Å². The zero-order chi connectivity index (χ0) is 15.6. The topological polar surface area (TPSA) is 12.9 Å². The molecule has 2 heteroatoms. The van der Waals surface area contributed by atoms with Gasteiger partial charge in [-0.3, -0.25) is 0 Å². The number of hydrogen-bond donors (Lipinski definition) is 0. The van der Waals surface area contributed by atoms with Crippen molar-refractivity contribution in [3.05, 3.63) is 78.5 Å². The summed E-state index contributed by atoms with van der Waals surface area (Å²) in [6.45, 7) is 6.73. The molecule has 119 valence electrons. The summed E-state index contributed by atoms with van der Waals surface area (Å²) < 4.78 is 0. The van der Waals surface area contributed by atoms with Crippen molar-refractivity contribution >= 4 is 0 Å². The number of nitrogens with zero attached hydrogens (tertiary/aromatic N) is 1. The minimum absolute atomic E-state index is 0. The predicted octanol–water partition coefficient (Wildman–Crippen LogP) is 5.51. The molecule has 3 rings (SSSR count). The summed E-state index contributed by atoms with van der Waals surface area (Å²) in [4.78, 5) is 4.67. The van der Waals surface area contributed by atoms with E-state index in [0.717, 1.165) is 11.3 Å². The molecule has 1 heterocycles. The fourth-order valence-electron chi connectivity index (χ4n) is 2.62. The Labute approximate surface area is 152 Å². The molecular formula is C21H20IrN-. The van der Waals surface area contributed by atoms with Crippen LogP contribution in [0.25, 0.3) is 22.4 Å². The van der Waals surface area contributed by atoms with E-state index in [1.165, 1.54) is 16.7 Å². The van der Waals surface area contributed by atoms with Crippen LogP contribution in [0, 0.1) is 6.07 Å². The number of rotatable bonds is 2. The SMILES string of the molecule is CC(C)(C)c1cc(-c2[c-]cccc2)ncc1-c1ccccc1.[Ir]. The van der Waals surface area contributed by atoms with Crippen LogP contribution < -0.4 is 0 Å². The first-order valence-electron chi connectivity index (χ1n) is 7.59. The Balaban J connectivity index is 0.00000192. The van der Waals surface area contributed by atoms with Gasteiger partial charge in [0, 0.05) is 31.9 Å². The van der Waals surface area contributed by atoms with Gasteiger partial charge in [-0.15, -0.1) is 35.9 Å². The van der Waals surface area contributed by atoms with Crippen LogP contribution in [0.1, 0.15) is 26.3 Å². The maximum Gasteiger partial charge on any atom is 0.0242 e.